The standard InChI is InChI=1S/C19H39N5O7/c1-19(27)7-28-18(13(26)16(19)24-2)31-15-11(23)5-10(22)14(12(15)25)30-17-9(21)4-3-8(6-20)29-17/h8-18,24-27H,3-7,20-23H2,1-2H3/t8-,9-,10+,11-,12+,13-,14-,15+,16-,17-,18-,19+/m1/s1. The van der Waals surface area contributed by atoms with Crippen LogP contribution in [0, 0.1) is 0 Å². The van der Waals surface area contributed by atoms with E-state index in [1.807, 2.05) is 0 Å². The molecule has 3 aliphatic rings. The second-order valence-corrected chi connectivity index (χ2v) is 9.15. The minimum absolute atomic E-state index is 0.0665. The Morgan fingerprint density at radius 1 is 1.00 bits per heavy atom. The van der Waals surface area contributed by atoms with E-state index in [1.165, 1.54) is 0 Å². The molecule has 0 unspecified atom stereocenters. The lowest BCUT2D eigenvalue weighted by atomic mass is 9.84. The second-order valence-electron chi connectivity index (χ2n) is 9.15. The van der Waals surface area contributed by atoms with Gasteiger partial charge >= 0.3 is 0 Å². The minimum atomic E-state index is -1.29. The smallest absolute Gasteiger partial charge is 0.185 e. The number of hydrogen-bond acceptors (Lipinski definition) is 12. The summed E-state index contributed by atoms with van der Waals surface area (Å²) in [6, 6.07) is -2.26. The summed E-state index contributed by atoms with van der Waals surface area (Å²) in [4.78, 5) is 0. The molecule has 2 saturated heterocycles. The van der Waals surface area contributed by atoms with Crippen molar-refractivity contribution in [2.45, 2.75) is 99.1 Å². The van der Waals surface area contributed by atoms with E-state index in [0.717, 1.165) is 6.42 Å². The maximum atomic E-state index is 11.0. The van der Waals surface area contributed by atoms with E-state index in [1.54, 1.807) is 14.0 Å². The summed E-state index contributed by atoms with van der Waals surface area (Å²) in [7, 11) is 1.62. The first-order valence-corrected chi connectivity index (χ1v) is 10.9. The Hall–Kier alpha value is -0.480. The highest BCUT2D eigenvalue weighted by Crippen LogP contribution is 2.31. The van der Waals surface area contributed by atoms with Crippen LogP contribution in [0.5, 0.6) is 0 Å². The van der Waals surface area contributed by atoms with Crippen LogP contribution in [0.25, 0.3) is 0 Å². The fourth-order valence-electron chi connectivity index (χ4n) is 4.69. The van der Waals surface area contributed by atoms with Crippen LogP contribution < -0.4 is 28.3 Å². The van der Waals surface area contributed by atoms with Crippen LogP contribution >= 0.6 is 0 Å². The Balaban J connectivity index is 1.68. The highest BCUT2D eigenvalue weighted by molar-refractivity contribution is 5.01. The summed E-state index contributed by atoms with van der Waals surface area (Å²) in [5, 5.41) is 34.9. The van der Waals surface area contributed by atoms with Gasteiger partial charge in [-0.1, -0.05) is 0 Å². The molecule has 1 saturated carbocycles. The minimum Gasteiger partial charge on any atom is -0.388 e. The third-order valence-electron chi connectivity index (χ3n) is 6.55. The number of aliphatic hydroxyl groups is 3. The lowest BCUT2D eigenvalue weighted by molar-refractivity contribution is -0.306. The lowest BCUT2D eigenvalue weighted by Gasteiger charge is -2.48. The topological polar surface area (TPSA) is 214 Å². The van der Waals surface area contributed by atoms with E-state index < -0.39 is 60.7 Å². The van der Waals surface area contributed by atoms with E-state index in [2.05, 4.69) is 5.32 Å². The molecule has 12 heteroatoms. The number of aliphatic hydroxyl groups excluding tert-OH is 2. The Kier molecular flexibility index (Phi) is 8.27. The van der Waals surface area contributed by atoms with E-state index in [9.17, 15) is 15.3 Å². The molecule has 12 atom stereocenters. The van der Waals surface area contributed by atoms with Crippen LogP contribution in [0.1, 0.15) is 26.2 Å². The molecule has 31 heavy (non-hydrogen) atoms. The van der Waals surface area contributed by atoms with Gasteiger partial charge in [-0.15, -0.1) is 0 Å². The predicted molar refractivity (Wildman–Crippen MR) is 110 cm³/mol. The van der Waals surface area contributed by atoms with E-state index in [4.69, 9.17) is 41.9 Å². The monoisotopic (exact) mass is 449 g/mol. The number of rotatable bonds is 6. The number of likely N-dealkylation sites (N-methyl/N-ethyl adjacent to an activating group) is 1. The molecular weight excluding hydrogens is 410 g/mol. The van der Waals surface area contributed by atoms with Crippen molar-refractivity contribution in [2.24, 2.45) is 22.9 Å². The zero-order valence-electron chi connectivity index (χ0n) is 18.2. The van der Waals surface area contributed by atoms with Gasteiger partial charge in [0.05, 0.1) is 24.8 Å². The average molecular weight is 450 g/mol. The van der Waals surface area contributed by atoms with Gasteiger partial charge in [0.25, 0.3) is 0 Å². The van der Waals surface area contributed by atoms with Crippen molar-refractivity contribution in [1.29, 1.82) is 0 Å². The summed E-state index contributed by atoms with van der Waals surface area (Å²) in [5.41, 5.74) is 23.0. The molecule has 3 fully saturated rings. The number of ether oxygens (including phenoxy) is 4. The highest BCUT2D eigenvalue weighted by atomic mass is 16.7. The third-order valence-corrected chi connectivity index (χ3v) is 6.55. The zero-order valence-corrected chi connectivity index (χ0v) is 18.2. The van der Waals surface area contributed by atoms with Crippen molar-refractivity contribution in [1.82, 2.24) is 5.32 Å². The van der Waals surface area contributed by atoms with Crippen LogP contribution in [-0.2, 0) is 18.9 Å². The molecule has 2 heterocycles. The zero-order chi connectivity index (χ0) is 22.9. The maximum absolute atomic E-state index is 11.0. The molecule has 3 rings (SSSR count). The molecule has 0 aromatic heterocycles. The van der Waals surface area contributed by atoms with Gasteiger partial charge in [0.2, 0.25) is 0 Å². The van der Waals surface area contributed by atoms with Crippen molar-refractivity contribution < 1.29 is 34.3 Å². The lowest BCUT2D eigenvalue weighted by Crippen LogP contribution is -2.68. The average Bonchev–Trinajstić information content (AvgIpc) is 2.71. The van der Waals surface area contributed by atoms with Crippen molar-refractivity contribution in [3.63, 3.8) is 0 Å². The highest BCUT2D eigenvalue weighted by Gasteiger charge is 2.50. The molecule has 0 amide bonds. The SMILES string of the molecule is CN[C@@H]1[C@@H](O)[C@@H](O[C@@H]2[C@@H](O)[C@H](O[C@H]3O[C@@H](CN)CC[C@H]3N)[C@@H](N)C[C@H]2N)OC[C@]1(C)O. The Labute approximate surface area is 182 Å². The van der Waals surface area contributed by atoms with Crippen LogP contribution in [0.3, 0.4) is 0 Å². The van der Waals surface area contributed by atoms with Gasteiger partial charge < -0.3 is 62.5 Å². The van der Waals surface area contributed by atoms with Gasteiger partial charge in [0.15, 0.2) is 12.6 Å². The molecule has 0 radical (unpaired) electrons. The first-order valence-electron chi connectivity index (χ1n) is 10.9. The van der Waals surface area contributed by atoms with Gasteiger partial charge in [-0.3, -0.25) is 0 Å². The number of nitrogens with two attached hydrogens (primary N) is 4. The molecule has 0 aromatic carbocycles. The fraction of sp³-hybridized carbons (Fsp3) is 1.00. The van der Waals surface area contributed by atoms with Crippen LogP contribution in [0.4, 0.5) is 0 Å². The normalized spacial score (nSPS) is 51.6. The molecule has 12 N–H and O–H groups in total. The Morgan fingerprint density at radius 2 is 1.61 bits per heavy atom. The molecule has 0 aromatic rings. The fourth-order valence-corrected chi connectivity index (χ4v) is 4.69. The molecule has 0 spiro atoms. The van der Waals surface area contributed by atoms with Gasteiger partial charge in [-0.25, -0.2) is 0 Å². The maximum Gasteiger partial charge on any atom is 0.185 e. The number of hydrogen-bond donors (Lipinski definition) is 8. The quantitative estimate of drug-likeness (QED) is 0.195. The summed E-state index contributed by atoms with van der Waals surface area (Å²) < 4.78 is 23.3. The van der Waals surface area contributed by atoms with Gasteiger partial charge in [-0.05, 0) is 33.2 Å². The van der Waals surface area contributed by atoms with Crippen molar-refractivity contribution in [3.05, 3.63) is 0 Å². The van der Waals surface area contributed by atoms with E-state index >= 15 is 0 Å². The van der Waals surface area contributed by atoms with Gasteiger partial charge in [-0.2, -0.15) is 0 Å². The van der Waals surface area contributed by atoms with Gasteiger partial charge in [0.1, 0.15) is 30.0 Å². The first kappa shape index (κ1) is 25.1. The Bertz CT molecular complexity index is 588. The van der Waals surface area contributed by atoms with E-state index in [-0.39, 0.29) is 18.8 Å². The Morgan fingerprint density at radius 3 is 2.19 bits per heavy atom. The van der Waals surface area contributed by atoms with Crippen LogP contribution in [0.15, 0.2) is 0 Å². The van der Waals surface area contributed by atoms with Crippen molar-refractivity contribution >= 4 is 0 Å². The first-order chi connectivity index (χ1) is 14.6. The van der Waals surface area contributed by atoms with Crippen LogP contribution in [0.2, 0.25) is 0 Å². The van der Waals surface area contributed by atoms with Crippen molar-refractivity contribution in [2.75, 3.05) is 20.2 Å². The summed E-state index contributed by atoms with van der Waals surface area (Å²) in [5.74, 6) is 0. The molecule has 182 valence electrons. The summed E-state index contributed by atoms with van der Waals surface area (Å²) in [6.45, 7) is 1.83. The summed E-state index contributed by atoms with van der Waals surface area (Å²) >= 11 is 0. The molecule has 2 aliphatic heterocycles. The molecule has 0 bridgehead atoms. The van der Waals surface area contributed by atoms with E-state index in [0.29, 0.717) is 19.4 Å². The molecular formula is C19H39N5O7. The molecule has 1 aliphatic carbocycles. The number of nitrogens with one attached hydrogen (secondary N) is 1. The summed E-state index contributed by atoms with van der Waals surface area (Å²) in [6.07, 6.45) is -4.48. The van der Waals surface area contributed by atoms with Gasteiger partial charge in [0, 0.05) is 18.6 Å². The van der Waals surface area contributed by atoms with Crippen molar-refractivity contribution in [3.8, 4) is 0 Å². The third kappa shape index (κ3) is 5.37. The predicted octanol–water partition coefficient (Wildman–Crippen LogP) is -3.98. The van der Waals surface area contributed by atoms with Crippen LogP contribution in [-0.4, -0.2) is 108 Å². The second kappa shape index (κ2) is 10.2. The molecule has 12 nitrogen and oxygen atoms in total. The largest absolute Gasteiger partial charge is 0.388 e.